The Kier molecular flexibility index (Phi) is 10.1. The van der Waals surface area contributed by atoms with Gasteiger partial charge in [0.1, 0.15) is 18.3 Å². The highest BCUT2D eigenvalue weighted by Crippen LogP contribution is 2.47. The number of nitrogens with one attached hydrogen (secondary N) is 3. The second kappa shape index (κ2) is 12.4. The summed E-state index contributed by atoms with van der Waals surface area (Å²) in [5, 5.41) is 35.2. The molecule has 6 N–H and O–H groups in total. The molecule has 16 heteroatoms. The maximum atomic E-state index is 12.3. The van der Waals surface area contributed by atoms with Gasteiger partial charge in [-0.15, -0.1) is 0 Å². The van der Waals surface area contributed by atoms with Crippen molar-refractivity contribution in [3.05, 3.63) is 33.1 Å². The summed E-state index contributed by atoms with van der Waals surface area (Å²) in [6, 6.07) is 0.987. The molecule has 0 radical (unpaired) electrons. The number of aromatic nitrogens is 2. The quantitative estimate of drug-likeness (QED) is 0.156. The molecule has 15 nitrogen and oxygen atoms in total. The number of carbonyl (C=O) groups excluding carboxylic acids is 2. The number of carbonyl (C=O) groups is 2. The van der Waals surface area contributed by atoms with E-state index in [-0.39, 0.29) is 25.9 Å². The van der Waals surface area contributed by atoms with Crippen molar-refractivity contribution in [1.82, 2.24) is 20.2 Å². The van der Waals surface area contributed by atoms with Gasteiger partial charge in [-0.05, 0) is 13.8 Å². The Hall–Kier alpha value is -2.39. The maximum Gasteiger partial charge on any atom is 0.332 e. The van der Waals surface area contributed by atoms with E-state index < -0.39 is 67.8 Å². The van der Waals surface area contributed by atoms with Gasteiger partial charge in [-0.3, -0.25) is 28.5 Å². The second-order valence-corrected chi connectivity index (χ2v) is 9.36. The van der Waals surface area contributed by atoms with E-state index in [1.807, 2.05) is 4.98 Å². The van der Waals surface area contributed by atoms with Crippen LogP contribution in [0, 0.1) is 0 Å². The van der Waals surface area contributed by atoms with E-state index in [9.17, 15) is 39.1 Å². The van der Waals surface area contributed by atoms with Crippen LogP contribution in [0.25, 0.3) is 0 Å². The van der Waals surface area contributed by atoms with Crippen molar-refractivity contribution in [2.45, 2.75) is 44.5 Å². The highest BCUT2D eigenvalue weighted by Gasteiger charge is 2.49. The largest absolute Gasteiger partial charge is 0.387 e. The molecule has 1 aliphatic heterocycles. The monoisotopic (exact) mass is 508 g/mol. The summed E-state index contributed by atoms with van der Waals surface area (Å²) < 4.78 is 28.6. The van der Waals surface area contributed by atoms with Crippen LogP contribution in [0.4, 0.5) is 0 Å². The number of rotatable bonds is 12. The van der Waals surface area contributed by atoms with Gasteiger partial charge in [0.15, 0.2) is 12.3 Å². The zero-order valence-electron chi connectivity index (χ0n) is 18.6. The van der Waals surface area contributed by atoms with Crippen LogP contribution >= 0.6 is 7.60 Å². The molecule has 5 atom stereocenters. The lowest BCUT2D eigenvalue weighted by atomic mass is 10.0. The molecule has 0 aromatic carbocycles. The van der Waals surface area contributed by atoms with Crippen LogP contribution < -0.4 is 21.9 Å². The van der Waals surface area contributed by atoms with Gasteiger partial charge >= 0.3 is 13.3 Å². The fourth-order valence-electron chi connectivity index (χ4n) is 3.18. The van der Waals surface area contributed by atoms with Crippen molar-refractivity contribution < 1.29 is 43.3 Å². The molecule has 2 rings (SSSR count). The molecule has 0 spiro atoms. The maximum absolute atomic E-state index is 12.3. The van der Waals surface area contributed by atoms with Crippen molar-refractivity contribution in [2.75, 3.05) is 32.5 Å². The zero-order valence-corrected chi connectivity index (χ0v) is 19.5. The van der Waals surface area contributed by atoms with Crippen LogP contribution in [0.1, 0.15) is 20.1 Å². The summed E-state index contributed by atoms with van der Waals surface area (Å²) in [7, 11) is -3.35. The first-order chi connectivity index (χ1) is 16.0. The Morgan fingerprint density at radius 3 is 2.44 bits per heavy atom. The lowest BCUT2D eigenvalue weighted by Gasteiger charge is -2.20. The molecule has 192 valence electrons. The zero-order chi connectivity index (χ0) is 25.5. The lowest BCUT2D eigenvalue weighted by molar-refractivity contribution is -0.144. The third-order valence-electron chi connectivity index (χ3n) is 4.76. The predicted molar refractivity (Wildman–Crippen MR) is 115 cm³/mol. The molecule has 0 saturated carbocycles. The summed E-state index contributed by atoms with van der Waals surface area (Å²) in [6.07, 6.45) is -7.64. The third kappa shape index (κ3) is 7.06. The number of hydrogen-bond donors (Lipinski definition) is 6. The van der Waals surface area contributed by atoms with Gasteiger partial charge < -0.3 is 39.7 Å². The van der Waals surface area contributed by atoms with Gasteiger partial charge in [-0.2, -0.15) is 0 Å². The number of aromatic amines is 1. The molecule has 0 aliphatic carbocycles. The molecule has 2 heterocycles. The summed E-state index contributed by atoms with van der Waals surface area (Å²) in [6.45, 7) is 3.02. The van der Waals surface area contributed by atoms with Gasteiger partial charge in [-0.1, -0.05) is 0 Å². The topological polar surface area (TPSA) is 219 Å². The van der Waals surface area contributed by atoms with Crippen molar-refractivity contribution in [3.63, 3.8) is 0 Å². The van der Waals surface area contributed by atoms with Gasteiger partial charge in [0.2, 0.25) is 5.91 Å². The Morgan fingerprint density at radius 1 is 1.21 bits per heavy atom. The fourth-order valence-corrected chi connectivity index (χ4v) is 4.68. The van der Waals surface area contributed by atoms with Gasteiger partial charge in [0.05, 0.1) is 25.9 Å². The van der Waals surface area contributed by atoms with Crippen LogP contribution in [0.2, 0.25) is 0 Å². The minimum Gasteiger partial charge on any atom is -0.387 e. The minimum absolute atomic E-state index is 0.0548. The van der Waals surface area contributed by atoms with E-state index in [2.05, 4.69) is 10.6 Å². The lowest BCUT2D eigenvalue weighted by Crippen LogP contribution is -2.49. The molecule has 0 bridgehead atoms. The number of hydrogen-bond acceptors (Lipinski definition) is 11. The molecule has 1 aliphatic rings. The van der Waals surface area contributed by atoms with E-state index in [1.54, 1.807) is 13.8 Å². The van der Waals surface area contributed by atoms with Gasteiger partial charge in [-0.25, -0.2) is 4.79 Å². The highest BCUT2D eigenvalue weighted by molar-refractivity contribution is 7.53. The Balaban J connectivity index is 1.88. The smallest absolute Gasteiger partial charge is 0.332 e. The summed E-state index contributed by atoms with van der Waals surface area (Å²) >= 11 is 0. The normalized spacial score (nSPS) is 23.4. The Morgan fingerprint density at radius 2 is 1.85 bits per heavy atom. The van der Waals surface area contributed by atoms with Crippen molar-refractivity contribution in [2.24, 2.45) is 0 Å². The molecule has 2 amide bonds. The molecule has 1 saturated heterocycles. The third-order valence-corrected chi connectivity index (χ3v) is 6.84. The van der Waals surface area contributed by atoms with Gasteiger partial charge in [0, 0.05) is 18.8 Å². The molecule has 1 aromatic rings. The predicted octanol–water partition coefficient (Wildman–Crippen LogP) is -2.98. The second-order valence-electron chi connectivity index (χ2n) is 7.17. The molecule has 34 heavy (non-hydrogen) atoms. The summed E-state index contributed by atoms with van der Waals surface area (Å²) in [4.78, 5) is 49.2. The molecular formula is C18H29N4O11P. The number of aliphatic hydroxyl groups is 3. The van der Waals surface area contributed by atoms with Crippen molar-refractivity contribution in [1.29, 1.82) is 0 Å². The summed E-state index contributed by atoms with van der Waals surface area (Å²) in [5.74, 6) is -1.75. The van der Waals surface area contributed by atoms with E-state index >= 15 is 0 Å². The number of amides is 2. The van der Waals surface area contributed by atoms with Crippen LogP contribution in [0.5, 0.6) is 0 Å². The van der Waals surface area contributed by atoms with E-state index in [1.165, 1.54) is 0 Å². The number of ether oxygens (including phenoxy) is 1. The van der Waals surface area contributed by atoms with E-state index in [0.717, 1.165) is 16.8 Å². The number of aliphatic hydroxyl groups excluding tert-OH is 3. The highest BCUT2D eigenvalue weighted by atomic mass is 31.2. The first kappa shape index (κ1) is 27.9. The van der Waals surface area contributed by atoms with E-state index in [0.29, 0.717) is 0 Å². The minimum atomic E-state index is -3.35. The molecule has 1 aromatic heterocycles. The van der Waals surface area contributed by atoms with E-state index in [4.69, 9.17) is 13.8 Å². The number of H-pyrrole nitrogens is 1. The standard InChI is InChI=1S/C18H29N4O11P/c1-3-31-34(30,32-4-2)8-6-19-11(24)9-20-16(28)14(27)15-12(25)13(26)17(33-15)22-7-5-10(23)21-18(22)29/h5,7,12-15,17,25-27H,3-4,6,8-9H2,1-2H3,(H,19,24)(H,20,28)(H,21,23,29)/t12-,13+,14?,15-,17+/m0/s1. The molecule has 1 unspecified atom stereocenters. The van der Waals surface area contributed by atoms with Crippen LogP contribution in [-0.2, 0) is 27.9 Å². The molecular weight excluding hydrogens is 479 g/mol. The molecule has 1 fully saturated rings. The Bertz CT molecular complexity index is 1000. The average Bonchev–Trinajstić information content (AvgIpc) is 3.06. The first-order valence-corrected chi connectivity index (χ1v) is 12.2. The average molecular weight is 508 g/mol. The van der Waals surface area contributed by atoms with Gasteiger partial charge in [0.25, 0.3) is 11.5 Å². The van der Waals surface area contributed by atoms with Crippen LogP contribution in [0.3, 0.4) is 0 Å². The van der Waals surface area contributed by atoms with Crippen LogP contribution in [-0.4, -0.2) is 93.6 Å². The Labute approximate surface area is 193 Å². The SMILES string of the molecule is CCOP(=O)(CCNC(=O)CNC(=O)C(O)[C@H]1O[C@@H](n2ccc(=O)[nH]c2=O)[C@H](O)[C@@H]1O)OCC. The fraction of sp³-hybridized carbons (Fsp3) is 0.667. The number of nitrogens with zero attached hydrogens (tertiary/aromatic N) is 1. The van der Waals surface area contributed by atoms with Crippen molar-refractivity contribution in [3.8, 4) is 0 Å². The summed E-state index contributed by atoms with van der Waals surface area (Å²) in [5.41, 5.74) is -1.62. The first-order valence-electron chi connectivity index (χ1n) is 10.5. The van der Waals surface area contributed by atoms with Crippen molar-refractivity contribution >= 4 is 19.4 Å². The van der Waals surface area contributed by atoms with Crippen LogP contribution in [0.15, 0.2) is 21.9 Å².